The first-order valence-corrected chi connectivity index (χ1v) is 8.61. The fraction of sp³-hybridized carbons (Fsp3) is 0.500. The van der Waals surface area contributed by atoms with Crippen LogP contribution in [0.2, 0.25) is 0 Å². The van der Waals surface area contributed by atoms with Gasteiger partial charge in [-0.3, -0.25) is 4.79 Å². The standard InChI is InChI=1S/C14H21N3O3S/c1-10-7-17(8-11(2)16-10)14(18)13-5-3-4-12(6-13)9-21(15,19)20/h3-6,10-11,16H,7-9H2,1-2H3,(H2,15,19,20). The predicted molar refractivity (Wildman–Crippen MR) is 81.2 cm³/mol. The zero-order valence-corrected chi connectivity index (χ0v) is 13.1. The Morgan fingerprint density at radius 2 is 1.95 bits per heavy atom. The van der Waals surface area contributed by atoms with Gasteiger partial charge in [0.05, 0.1) is 5.75 Å². The Balaban J connectivity index is 2.17. The molecule has 1 saturated heterocycles. The molecular formula is C14H21N3O3S. The number of rotatable bonds is 3. The number of carbonyl (C=O) groups excluding carboxylic acids is 1. The third-order valence-corrected chi connectivity index (χ3v) is 4.12. The highest BCUT2D eigenvalue weighted by Gasteiger charge is 2.25. The van der Waals surface area contributed by atoms with Crippen LogP contribution in [0.5, 0.6) is 0 Å². The second kappa shape index (κ2) is 6.13. The van der Waals surface area contributed by atoms with Crippen molar-refractivity contribution in [2.75, 3.05) is 13.1 Å². The van der Waals surface area contributed by atoms with Crippen LogP contribution in [0.1, 0.15) is 29.8 Å². The van der Waals surface area contributed by atoms with E-state index in [4.69, 9.17) is 5.14 Å². The summed E-state index contributed by atoms with van der Waals surface area (Å²) in [6, 6.07) is 7.12. The molecule has 1 aromatic rings. The van der Waals surface area contributed by atoms with E-state index in [0.29, 0.717) is 24.2 Å². The van der Waals surface area contributed by atoms with Gasteiger partial charge in [0.15, 0.2) is 0 Å². The van der Waals surface area contributed by atoms with Crippen LogP contribution < -0.4 is 10.5 Å². The molecule has 1 aromatic carbocycles. The number of primary sulfonamides is 1. The van der Waals surface area contributed by atoms with Gasteiger partial charge in [-0.2, -0.15) is 0 Å². The molecule has 2 atom stereocenters. The summed E-state index contributed by atoms with van der Waals surface area (Å²) in [6.07, 6.45) is 0. The second-order valence-corrected chi connectivity index (χ2v) is 7.30. The van der Waals surface area contributed by atoms with Gasteiger partial charge in [-0.15, -0.1) is 0 Å². The van der Waals surface area contributed by atoms with Crippen molar-refractivity contribution in [1.29, 1.82) is 0 Å². The van der Waals surface area contributed by atoms with Gasteiger partial charge in [0.1, 0.15) is 0 Å². The topological polar surface area (TPSA) is 92.5 Å². The number of sulfonamides is 1. The van der Waals surface area contributed by atoms with Gasteiger partial charge in [-0.1, -0.05) is 12.1 Å². The van der Waals surface area contributed by atoms with Crippen molar-refractivity contribution in [3.05, 3.63) is 35.4 Å². The number of hydrogen-bond acceptors (Lipinski definition) is 4. The zero-order valence-electron chi connectivity index (χ0n) is 12.2. The Morgan fingerprint density at radius 1 is 1.33 bits per heavy atom. The van der Waals surface area contributed by atoms with E-state index in [-0.39, 0.29) is 23.7 Å². The largest absolute Gasteiger partial charge is 0.336 e. The quantitative estimate of drug-likeness (QED) is 0.839. The summed E-state index contributed by atoms with van der Waals surface area (Å²) in [5.41, 5.74) is 1.03. The second-order valence-electron chi connectivity index (χ2n) is 5.69. The van der Waals surface area contributed by atoms with Gasteiger partial charge in [-0.25, -0.2) is 13.6 Å². The fourth-order valence-corrected chi connectivity index (χ4v) is 3.35. The molecule has 7 heteroatoms. The molecule has 0 radical (unpaired) electrons. The first kappa shape index (κ1) is 15.9. The molecule has 2 rings (SSSR count). The number of hydrogen-bond donors (Lipinski definition) is 2. The smallest absolute Gasteiger partial charge is 0.253 e. The highest BCUT2D eigenvalue weighted by atomic mass is 32.2. The Labute approximate surface area is 125 Å². The van der Waals surface area contributed by atoms with Crippen LogP contribution in [0.3, 0.4) is 0 Å². The number of benzene rings is 1. The minimum Gasteiger partial charge on any atom is -0.336 e. The van der Waals surface area contributed by atoms with Crippen molar-refractivity contribution in [1.82, 2.24) is 10.2 Å². The van der Waals surface area contributed by atoms with Crippen molar-refractivity contribution in [2.45, 2.75) is 31.7 Å². The normalized spacial score (nSPS) is 23.1. The number of amides is 1. The van der Waals surface area contributed by atoms with Crippen LogP contribution in [-0.4, -0.2) is 44.4 Å². The minimum atomic E-state index is -3.60. The molecule has 0 saturated carbocycles. The van der Waals surface area contributed by atoms with Gasteiger partial charge in [0, 0.05) is 30.7 Å². The number of nitrogens with zero attached hydrogens (tertiary/aromatic N) is 1. The van der Waals surface area contributed by atoms with Crippen LogP contribution in [0.15, 0.2) is 24.3 Å². The molecule has 21 heavy (non-hydrogen) atoms. The van der Waals surface area contributed by atoms with E-state index in [0.717, 1.165) is 0 Å². The summed E-state index contributed by atoms with van der Waals surface area (Å²) >= 11 is 0. The fourth-order valence-electron chi connectivity index (χ4n) is 2.70. The van der Waals surface area contributed by atoms with Crippen LogP contribution >= 0.6 is 0 Å². The van der Waals surface area contributed by atoms with E-state index >= 15 is 0 Å². The number of nitrogens with two attached hydrogens (primary N) is 1. The molecule has 2 unspecified atom stereocenters. The molecular weight excluding hydrogens is 290 g/mol. The maximum Gasteiger partial charge on any atom is 0.253 e. The van der Waals surface area contributed by atoms with Crippen LogP contribution in [0, 0.1) is 0 Å². The van der Waals surface area contributed by atoms with Gasteiger partial charge >= 0.3 is 0 Å². The molecule has 116 valence electrons. The number of carbonyl (C=O) groups is 1. The molecule has 3 N–H and O–H groups in total. The molecule has 6 nitrogen and oxygen atoms in total. The van der Waals surface area contributed by atoms with E-state index in [2.05, 4.69) is 5.32 Å². The van der Waals surface area contributed by atoms with E-state index in [1.165, 1.54) is 0 Å². The van der Waals surface area contributed by atoms with Crippen LogP contribution in [0.4, 0.5) is 0 Å². The van der Waals surface area contributed by atoms with Crippen molar-refractivity contribution in [2.24, 2.45) is 5.14 Å². The summed E-state index contributed by atoms with van der Waals surface area (Å²) in [6.45, 7) is 5.35. The molecule has 1 amide bonds. The SMILES string of the molecule is CC1CN(C(=O)c2cccc(CS(N)(=O)=O)c2)CC(C)N1. The molecule has 1 heterocycles. The summed E-state index contributed by atoms with van der Waals surface area (Å²) in [5, 5.41) is 8.41. The van der Waals surface area contributed by atoms with Crippen molar-refractivity contribution < 1.29 is 13.2 Å². The summed E-state index contributed by atoms with van der Waals surface area (Å²) in [7, 11) is -3.60. The van der Waals surface area contributed by atoms with E-state index in [1.54, 1.807) is 29.2 Å². The summed E-state index contributed by atoms with van der Waals surface area (Å²) in [4.78, 5) is 14.3. The maximum atomic E-state index is 12.5. The summed E-state index contributed by atoms with van der Waals surface area (Å²) < 4.78 is 22.3. The highest BCUT2D eigenvalue weighted by Crippen LogP contribution is 2.13. The Hall–Kier alpha value is -1.44. The predicted octanol–water partition coefficient (Wildman–Crippen LogP) is 0.298. The zero-order chi connectivity index (χ0) is 15.6. The molecule has 0 spiro atoms. The van der Waals surface area contributed by atoms with Crippen molar-refractivity contribution >= 4 is 15.9 Å². The monoisotopic (exact) mass is 311 g/mol. The first-order valence-electron chi connectivity index (χ1n) is 6.89. The molecule has 0 aliphatic carbocycles. The Bertz CT molecular complexity index is 620. The third kappa shape index (κ3) is 4.52. The lowest BCUT2D eigenvalue weighted by Gasteiger charge is -2.36. The first-order chi connectivity index (χ1) is 9.74. The Morgan fingerprint density at radius 3 is 2.52 bits per heavy atom. The van der Waals surface area contributed by atoms with Gasteiger partial charge < -0.3 is 10.2 Å². The van der Waals surface area contributed by atoms with Gasteiger partial charge in [0.2, 0.25) is 10.0 Å². The minimum absolute atomic E-state index is 0.0773. The lowest BCUT2D eigenvalue weighted by Crippen LogP contribution is -2.55. The van der Waals surface area contributed by atoms with E-state index in [9.17, 15) is 13.2 Å². The summed E-state index contributed by atoms with van der Waals surface area (Å²) in [5.74, 6) is -0.339. The lowest BCUT2D eigenvalue weighted by atomic mass is 10.1. The molecule has 0 bridgehead atoms. The average molecular weight is 311 g/mol. The van der Waals surface area contributed by atoms with Crippen molar-refractivity contribution in [3.63, 3.8) is 0 Å². The number of nitrogens with one attached hydrogen (secondary N) is 1. The maximum absolute atomic E-state index is 12.5. The molecule has 1 aliphatic heterocycles. The Kier molecular flexibility index (Phi) is 4.65. The third-order valence-electron chi connectivity index (χ3n) is 3.39. The highest BCUT2D eigenvalue weighted by molar-refractivity contribution is 7.88. The lowest BCUT2D eigenvalue weighted by molar-refractivity contribution is 0.0673. The molecule has 1 aliphatic rings. The number of piperazine rings is 1. The molecule has 1 fully saturated rings. The van der Waals surface area contributed by atoms with E-state index in [1.807, 2.05) is 13.8 Å². The van der Waals surface area contributed by atoms with Crippen molar-refractivity contribution in [3.8, 4) is 0 Å². The molecule has 0 aromatic heterocycles. The van der Waals surface area contributed by atoms with Gasteiger partial charge in [0.25, 0.3) is 5.91 Å². The van der Waals surface area contributed by atoms with Crippen LogP contribution in [-0.2, 0) is 15.8 Å². The average Bonchev–Trinajstić information content (AvgIpc) is 2.35. The van der Waals surface area contributed by atoms with Crippen LogP contribution in [0.25, 0.3) is 0 Å². The van der Waals surface area contributed by atoms with E-state index < -0.39 is 10.0 Å². The van der Waals surface area contributed by atoms with Gasteiger partial charge in [-0.05, 0) is 31.5 Å².